The van der Waals surface area contributed by atoms with Gasteiger partial charge < -0.3 is 14.8 Å². The third-order valence-corrected chi connectivity index (χ3v) is 4.42. The molecule has 0 heterocycles. The first-order valence-corrected chi connectivity index (χ1v) is 7.74. The van der Waals surface area contributed by atoms with Crippen molar-refractivity contribution < 1.29 is 14.3 Å². The second-order valence-electron chi connectivity index (χ2n) is 5.82. The Morgan fingerprint density at radius 3 is 2.35 bits per heavy atom. The minimum absolute atomic E-state index is 0.0774. The van der Waals surface area contributed by atoms with E-state index in [1.165, 1.54) is 0 Å². The molecule has 120 valence electrons. The van der Waals surface area contributed by atoms with E-state index >= 15 is 0 Å². The standard InChI is InChI=1S/C19H21NO3/c1-22-16-9-8-15(12-17(16)23-2)19(10-11-19)18(21)20-13-14-6-4-3-5-7-14/h3-9,12H,10-11,13H2,1-2H3,(H,20,21). The average molecular weight is 311 g/mol. The van der Waals surface area contributed by atoms with Gasteiger partial charge in [0.2, 0.25) is 5.91 Å². The van der Waals surface area contributed by atoms with Gasteiger partial charge in [-0.2, -0.15) is 0 Å². The molecule has 1 aliphatic rings. The zero-order valence-electron chi connectivity index (χ0n) is 13.5. The highest BCUT2D eigenvalue weighted by Crippen LogP contribution is 2.50. The first kappa shape index (κ1) is 15.4. The Balaban J connectivity index is 1.75. The SMILES string of the molecule is COc1ccc(C2(C(=O)NCc3ccccc3)CC2)cc1OC. The van der Waals surface area contributed by atoms with Crippen molar-refractivity contribution in [3.63, 3.8) is 0 Å². The van der Waals surface area contributed by atoms with Crippen molar-refractivity contribution in [1.29, 1.82) is 0 Å². The molecule has 1 fully saturated rings. The lowest BCUT2D eigenvalue weighted by Gasteiger charge is -2.18. The van der Waals surface area contributed by atoms with E-state index < -0.39 is 5.41 Å². The Hall–Kier alpha value is -2.49. The van der Waals surface area contributed by atoms with E-state index in [4.69, 9.17) is 9.47 Å². The van der Waals surface area contributed by atoms with Gasteiger partial charge in [0.1, 0.15) is 0 Å². The maximum absolute atomic E-state index is 12.7. The Bertz CT molecular complexity index is 693. The van der Waals surface area contributed by atoms with Gasteiger partial charge in [-0.05, 0) is 36.1 Å². The largest absolute Gasteiger partial charge is 0.493 e. The van der Waals surface area contributed by atoms with Crippen LogP contribution in [0.4, 0.5) is 0 Å². The van der Waals surface area contributed by atoms with Gasteiger partial charge in [-0.15, -0.1) is 0 Å². The fraction of sp³-hybridized carbons (Fsp3) is 0.316. The van der Waals surface area contributed by atoms with Crippen LogP contribution in [0.15, 0.2) is 48.5 Å². The number of benzene rings is 2. The summed E-state index contributed by atoms with van der Waals surface area (Å²) >= 11 is 0. The van der Waals surface area contributed by atoms with Crippen molar-refractivity contribution in [3.8, 4) is 11.5 Å². The molecule has 0 unspecified atom stereocenters. The maximum atomic E-state index is 12.7. The van der Waals surface area contributed by atoms with Crippen molar-refractivity contribution in [3.05, 3.63) is 59.7 Å². The lowest BCUT2D eigenvalue weighted by Crippen LogP contribution is -2.34. The van der Waals surface area contributed by atoms with Gasteiger partial charge in [-0.25, -0.2) is 0 Å². The molecule has 1 saturated carbocycles. The summed E-state index contributed by atoms with van der Waals surface area (Å²) in [6, 6.07) is 15.7. The zero-order valence-corrected chi connectivity index (χ0v) is 13.5. The lowest BCUT2D eigenvalue weighted by molar-refractivity contribution is -0.123. The molecule has 1 aliphatic carbocycles. The topological polar surface area (TPSA) is 47.6 Å². The number of nitrogens with one attached hydrogen (secondary N) is 1. The van der Waals surface area contributed by atoms with Gasteiger partial charge >= 0.3 is 0 Å². The van der Waals surface area contributed by atoms with E-state index in [0.29, 0.717) is 18.0 Å². The number of hydrogen-bond acceptors (Lipinski definition) is 3. The van der Waals surface area contributed by atoms with Gasteiger partial charge in [-0.1, -0.05) is 36.4 Å². The monoisotopic (exact) mass is 311 g/mol. The van der Waals surface area contributed by atoms with E-state index in [0.717, 1.165) is 24.0 Å². The summed E-state index contributed by atoms with van der Waals surface area (Å²) in [4.78, 5) is 12.7. The first-order valence-electron chi connectivity index (χ1n) is 7.74. The van der Waals surface area contributed by atoms with Crippen LogP contribution in [0.2, 0.25) is 0 Å². The highest BCUT2D eigenvalue weighted by molar-refractivity contribution is 5.91. The van der Waals surface area contributed by atoms with E-state index in [2.05, 4.69) is 5.32 Å². The van der Waals surface area contributed by atoms with Crippen LogP contribution in [0.25, 0.3) is 0 Å². The second kappa shape index (κ2) is 6.32. The van der Waals surface area contributed by atoms with E-state index in [-0.39, 0.29) is 5.91 Å². The fourth-order valence-corrected chi connectivity index (χ4v) is 2.85. The molecule has 0 bridgehead atoms. The van der Waals surface area contributed by atoms with Gasteiger partial charge in [0.05, 0.1) is 19.6 Å². The number of methoxy groups -OCH3 is 2. The van der Waals surface area contributed by atoms with Crippen LogP contribution < -0.4 is 14.8 Å². The first-order chi connectivity index (χ1) is 11.2. The fourth-order valence-electron chi connectivity index (χ4n) is 2.85. The van der Waals surface area contributed by atoms with E-state index in [1.54, 1.807) is 14.2 Å². The molecule has 0 aliphatic heterocycles. The third-order valence-electron chi connectivity index (χ3n) is 4.42. The molecular formula is C19H21NO3. The molecule has 0 spiro atoms. The molecule has 4 nitrogen and oxygen atoms in total. The average Bonchev–Trinajstić information content (AvgIpc) is 3.42. The summed E-state index contributed by atoms with van der Waals surface area (Å²) < 4.78 is 10.6. The molecule has 0 atom stereocenters. The molecule has 23 heavy (non-hydrogen) atoms. The van der Waals surface area contributed by atoms with Crippen LogP contribution in [0.1, 0.15) is 24.0 Å². The summed E-state index contributed by atoms with van der Waals surface area (Å²) in [5.74, 6) is 1.41. The number of rotatable bonds is 6. The maximum Gasteiger partial charge on any atom is 0.230 e. The van der Waals surface area contributed by atoms with Crippen LogP contribution >= 0.6 is 0 Å². The normalized spacial score (nSPS) is 14.9. The minimum atomic E-state index is -0.422. The lowest BCUT2D eigenvalue weighted by atomic mass is 9.94. The van der Waals surface area contributed by atoms with Crippen molar-refractivity contribution in [1.82, 2.24) is 5.32 Å². The number of carbonyl (C=O) groups excluding carboxylic acids is 1. The highest BCUT2D eigenvalue weighted by atomic mass is 16.5. The van der Waals surface area contributed by atoms with Crippen molar-refractivity contribution in [2.24, 2.45) is 0 Å². The molecular weight excluding hydrogens is 290 g/mol. The van der Waals surface area contributed by atoms with Crippen molar-refractivity contribution >= 4 is 5.91 Å². The van der Waals surface area contributed by atoms with Crippen LogP contribution in [-0.2, 0) is 16.8 Å². The molecule has 3 rings (SSSR count). The van der Waals surface area contributed by atoms with Gasteiger partial charge in [-0.3, -0.25) is 4.79 Å². The smallest absolute Gasteiger partial charge is 0.230 e. The number of hydrogen-bond donors (Lipinski definition) is 1. The Labute approximate surface area is 136 Å². The van der Waals surface area contributed by atoms with Crippen LogP contribution in [-0.4, -0.2) is 20.1 Å². The molecule has 2 aromatic rings. The highest BCUT2D eigenvalue weighted by Gasteiger charge is 2.51. The molecule has 1 N–H and O–H groups in total. The van der Waals surface area contributed by atoms with Crippen LogP contribution in [0.5, 0.6) is 11.5 Å². The zero-order chi connectivity index (χ0) is 16.3. The van der Waals surface area contributed by atoms with E-state index in [9.17, 15) is 4.79 Å². The molecule has 0 saturated heterocycles. The van der Waals surface area contributed by atoms with Crippen LogP contribution in [0.3, 0.4) is 0 Å². The van der Waals surface area contributed by atoms with E-state index in [1.807, 2.05) is 48.5 Å². The summed E-state index contributed by atoms with van der Waals surface area (Å²) in [6.07, 6.45) is 1.73. The predicted molar refractivity (Wildman–Crippen MR) is 88.7 cm³/mol. The van der Waals surface area contributed by atoms with Crippen molar-refractivity contribution in [2.75, 3.05) is 14.2 Å². The van der Waals surface area contributed by atoms with Crippen molar-refractivity contribution in [2.45, 2.75) is 24.8 Å². The van der Waals surface area contributed by atoms with Gasteiger partial charge in [0.15, 0.2) is 11.5 Å². The number of carbonyl (C=O) groups is 1. The summed E-state index contributed by atoms with van der Waals surface area (Å²) in [7, 11) is 3.22. The summed E-state index contributed by atoms with van der Waals surface area (Å²) in [5.41, 5.74) is 1.67. The van der Waals surface area contributed by atoms with Gasteiger partial charge in [0.25, 0.3) is 0 Å². The molecule has 0 radical (unpaired) electrons. The predicted octanol–water partition coefficient (Wildman–Crippen LogP) is 3.05. The molecule has 2 aromatic carbocycles. The molecule has 1 amide bonds. The second-order valence-corrected chi connectivity index (χ2v) is 5.82. The van der Waals surface area contributed by atoms with Gasteiger partial charge in [0, 0.05) is 6.54 Å². The summed E-state index contributed by atoms with van der Waals surface area (Å²) in [6.45, 7) is 0.550. The molecule has 4 heteroatoms. The third kappa shape index (κ3) is 3.02. The number of amides is 1. The Morgan fingerprint density at radius 2 is 1.74 bits per heavy atom. The molecule has 0 aromatic heterocycles. The van der Waals surface area contributed by atoms with Crippen LogP contribution in [0, 0.1) is 0 Å². The number of ether oxygens (including phenoxy) is 2. The Kier molecular flexibility index (Phi) is 4.24. The quantitative estimate of drug-likeness (QED) is 0.892. The minimum Gasteiger partial charge on any atom is -0.493 e. The Morgan fingerprint density at radius 1 is 1.04 bits per heavy atom. The summed E-state index contributed by atoms with van der Waals surface area (Å²) in [5, 5.41) is 3.06.